The van der Waals surface area contributed by atoms with Crippen molar-refractivity contribution >= 4 is 38.4 Å². The number of nitrogens with one attached hydrogen (secondary N) is 1. The van der Waals surface area contributed by atoms with Gasteiger partial charge in [0.25, 0.3) is 0 Å². The lowest BCUT2D eigenvalue weighted by atomic mass is 10.1. The van der Waals surface area contributed by atoms with Crippen LogP contribution < -0.4 is 5.43 Å². The van der Waals surface area contributed by atoms with Crippen LogP contribution in [0, 0.1) is 0 Å². The Kier molecular flexibility index (Phi) is 2.33. The molecule has 0 unspecified atom stereocenters. The fraction of sp³-hybridized carbons (Fsp3) is 0.250. The van der Waals surface area contributed by atoms with Crippen LogP contribution in [0.4, 0.5) is 0 Å². The SMILES string of the molecule is O=c1cc(C2CC2)[nH]c2c(Cl)ccc(Br)c12. The molecule has 1 N–H and O–H groups in total. The number of fused-ring (bicyclic) bond motifs is 1. The molecule has 1 aliphatic rings. The Morgan fingerprint density at radius 2 is 2.12 bits per heavy atom. The van der Waals surface area contributed by atoms with E-state index in [1.807, 2.05) is 0 Å². The first-order valence-electron chi connectivity index (χ1n) is 5.18. The minimum absolute atomic E-state index is 0.0324. The molecule has 1 aliphatic carbocycles. The van der Waals surface area contributed by atoms with Gasteiger partial charge in [0, 0.05) is 16.2 Å². The van der Waals surface area contributed by atoms with E-state index < -0.39 is 0 Å². The largest absolute Gasteiger partial charge is 0.357 e. The van der Waals surface area contributed by atoms with Gasteiger partial charge in [-0.15, -0.1) is 0 Å². The van der Waals surface area contributed by atoms with E-state index in [0.717, 1.165) is 28.5 Å². The fourth-order valence-electron chi connectivity index (χ4n) is 1.92. The second-order valence-corrected chi connectivity index (χ2v) is 5.40. The molecule has 0 saturated heterocycles. The highest BCUT2D eigenvalue weighted by atomic mass is 79.9. The maximum atomic E-state index is 12.0. The van der Waals surface area contributed by atoms with Gasteiger partial charge in [-0.05, 0) is 46.8 Å². The van der Waals surface area contributed by atoms with Crippen molar-refractivity contribution in [3.05, 3.63) is 43.6 Å². The molecule has 2 nitrogen and oxygen atoms in total. The van der Waals surface area contributed by atoms with Gasteiger partial charge in [-0.3, -0.25) is 4.79 Å². The lowest BCUT2D eigenvalue weighted by Crippen LogP contribution is -2.05. The van der Waals surface area contributed by atoms with Crippen molar-refractivity contribution in [2.75, 3.05) is 0 Å². The summed E-state index contributed by atoms with van der Waals surface area (Å²) in [6.07, 6.45) is 2.32. The minimum atomic E-state index is 0.0324. The average molecular weight is 299 g/mol. The number of benzene rings is 1. The van der Waals surface area contributed by atoms with E-state index in [1.54, 1.807) is 18.2 Å². The van der Waals surface area contributed by atoms with Gasteiger partial charge in [-0.2, -0.15) is 0 Å². The summed E-state index contributed by atoms with van der Waals surface area (Å²) in [5, 5.41) is 1.23. The van der Waals surface area contributed by atoms with E-state index in [0.29, 0.717) is 16.3 Å². The van der Waals surface area contributed by atoms with Crippen molar-refractivity contribution in [1.29, 1.82) is 0 Å². The van der Waals surface area contributed by atoms with Crippen molar-refractivity contribution in [2.24, 2.45) is 0 Å². The normalized spacial score (nSPS) is 15.6. The zero-order chi connectivity index (χ0) is 11.3. The number of halogens is 2. The Morgan fingerprint density at radius 3 is 2.81 bits per heavy atom. The zero-order valence-electron chi connectivity index (χ0n) is 8.39. The van der Waals surface area contributed by atoms with Crippen LogP contribution in [0.2, 0.25) is 5.02 Å². The van der Waals surface area contributed by atoms with Gasteiger partial charge in [-0.25, -0.2) is 0 Å². The van der Waals surface area contributed by atoms with E-state index >= 15 is 0 Å². The first kappa shape index (κ1) is 10.4. The predicted molar refractivity (Wildman–Crippen MR) is 69.3 cm³/mol. The van der Waals surface area contributed by atoms with E-state index in [9.17, 15) is 4.79 Å². The second-order valence-electron chi connectivity index (χ2n) is 4.14. The summed E-state index contributed by atoms with van der Waals surface area (Å²) in [7, 11) is 0. The van der Waals surface area contributed by atoms with Crippen molar-refractivity contribution in [3.8, 4) is 0 Å². The highest BCUT2D eigenvalue weighted by Gasteiger charge is 2.25. The molecule has 1 heterocycles. The summed E-state index contributed by atoms with van der Waals surface area (Å²) in [4.78, 5) is 15.3. The summed E-state index contributed by atoms with van der Waals surface area (Å²) in [5.41, 5.74) is 1.79. The highest BCUT2D eigenvalue weighted by molar-refractivity contribution is 9.10. The molecule has 1 aromatic carbocycles. The summed E-state index contributed by atoms with van der Waals surface area (Å²) in [6, 6.07) is 5.29. The molecule has 16 heavy (non-hydrogen) atoms. The maximum absolute atomic E-state index is 12.0. The summed E-state index contributed by atoms with van der Waals surface area (Å²) < 4.78 is 0.787. The van der Waals surface area contributed by atoms with Crippen LogP contribution in [0.1, 0.15) is 24.5 Å². The third-order valence-corrected chi connectivity index (χ3v) is 3.90. The fourth-order valence-corrected chi connectivity index (χ4v) is 2.65. The molecule has 0 amide bonds. The first-order chi connectivity index (χ1) is 7.66. The van der Waals surface area contributed by atoms with Crippen molar-refractivity contribution < 1.29 is 0 Å². The average Bonchev–Trinajstić information content (AvgIpc) is 3.06. The maximum Gasteiger partial charge on any atom is 0.190 e. The Labute approximate surface area is 106 Å². The number of hydrogen-bond donors (Lipinski definition) is 1. The highest BCUT2D eigenvalue weighted by Crippen LogP contribution is 2.39. The predicted octanol–water partition coefficient (Wildman–Crippen LogP) is 3.82. The zero-order valence-corrected chi connectivity index (χ0v) is 10.7. The van der Waals surface area contributed by atoms with Gasteiger partial charge in [0.1, 0.15) is 0 Å². The van der Waals surface area contributed by atoms with Gasteiger partial charge < -0.3 is 4.98 Å². The number of H-pyrrole nitrogens is 1. The molecule has 1 saturated carbocycles. The number of aromatic amines is 1. The van der Waals surface area contributed by atoms with Gasteiger partial charge >= 0.3 is 0 Å². The van der Waals surface area contributed by atoms with Gasteiger partial charge in [0.15, 0.2) is 5.43 Å². The van der Waals surface area contributed by atoms with Crippen LogP contribution in [0.25, 0.3) is 10.9 Å². The van der Waals surface area contributed by atoms with Crippen molar-refractivity contribution in [2.45, 2.75) is 18.8 Å². The molecule has 0 radical (unpaired) electrons. The van der Waals surface area contributed by atoms with E-state index in [1.165, 1.54) is 0 Å². The Bertz CT molecular complexity index is 631. The van der Waals surface area contributed by atoms with Crippen LogP contribution in [0.5, 0.6) is 0 Å². The van der Waals surface area contributed by atoms with Crippen molar-refractivity contribution in [3.63, 3.8) is 0 Å². The third-order valence-electron chi connectivity index (χ3n) is 2.92. The second kappa shape index (κ2) is 3.60. The summed E-state index contributed by atoms with van der Waals surface area (Å²) >= 11 is 9.49. The first-order valence-corrected chi connectivity index (χ1v) is 6.35. The molecule has 0 bridgehead atoms. The molecule has 1 aromatic heterocycles. The molecule has 82 valence electrons. The molecular formula is C12H9BrClNO. The van der Waals surface area contributed by atoms with Crippen LogP contribution in [-0.4, -0.2) is 4.98 Å². The molecule has 2 aromatic rings. The summed E-state index contributed by atoms with van der Waals surface area (Å²) in [5.74, 6) is 0.521. The number of aromatic nitrogens is 1. The number of hydrogen-bond acceptors (Lipinski definition) is 1. The van der Waals surface area contributed by atoms with E-state index in [2.05, 4.69) is 20.9 Å². The third kappa shape index (κ3) is 1.59. The quantitative estimate of drug-likeness (QED) is 0.853. The number of rotatable bonds is 1. The molecular weight excluding hydrogens is 289 g/mol. The molecule has 0 aliphatic heterocycles. The lowest BCUT2D eigenvalue weighted by molar-refractivity contribution is 1.04. The van der Waals surface area contributed by atoms with Crippen molar-refractivity contribution in [1.82, 2.24) is 4.98 Å². The van der Waals surface area contributed by atoms with E-state index in [4.69, 9.17) is 11.6 Å². The van der Waals surface area contributed by atoms with Crippen LogP contribution >= 0.6 is 27.5 Å². The van der Waals surface area contributed by atoms with Crippen LogP contribution in [0.3, 0.4) is 0 Å². The molecule has 3 rings (SSSR count). The Hall–Kier alpha value is -0.800. The molecule has 0 spiro atoms. The van der Waals surface area contributed by atoms with Crippen LogP contribution in [0.15, 0.2) is 27.5 Å². The minimum Gasteiger partial charge on any atom is -0.357 e. The number of pyridine rings is 1. The summed E-state index contributed by atoms with van der Waals surface area (Å²) in [6.45, 7) is 0. The smallest absolute Gasteiger partial charge is 0.190 e. The Balaban J connectivity index is 2.41. The topological polar surface area (TPSA) is 32.9 Å². The Morgan fingerprint density at radius 1 is 1.38 bits per heavy atom. The van der Waals surface area contributed by atoms with E-state index in [-0.39, 0.29) is 5.43 Å². The van der Waals surface area contributed by atoms with Gasteiger partial charge in [-0.1, -0.05) is 11.6 Å². The van der Waals surface area contributed by atoms with Gasteiger partial charge in [0.05, 0.1) is 15.9 Å². The lowest BCUT2D eigenvalue weighted by Gasteiger charge is -2.05. The molecule has 0 atom stereocenters. The van der Waals surface area contributed by atoms with Gasteiger partial charge in [0.2, 0.25) is 0 Å². The monoisotopic (exact) mass is 297 g/mol. The standard InChI is InChI=1S/C12H9BrClNO/c13-7-3-4-8(14)12-11(7)10(16)5-9(15-12)6-1-2-6/h3-6H,1-2H2,(H,15,16). The molecule has 4 heteroatoms. The molecule has 1 fully saturated rings. The van der Waals surface area contributed by atoms with Crippen LogP contribution in [-0.2, 0) is 0 Å².